The van der Waals surface area contributed by atoms with Crippen LogP contribution >= 0.6 is 0 Å². The van der Waals surface area contributed by atoms with E-state index in [0.29, 0.717) is 12.1 Å². The molecule has 2 heteroatoms. The van der Waals surface area contributed by atoms with Crippen LogP contribution in [0.5, 0.6) is 0 Å². The minimum Gasteiger partial charge on any atom is -0.349 e. The second-order valence-electron chi connectivity index (χ2n) is 4.52. The summed E-state index contributed by atoms with van der Waals surface area (Å²) in [5.74, 6) is -0.0609. The molecule has 0 fully saturated rings. The van der Waals surface area contributed by atoms with Crippen molar-refractivity contribution in [2.24, 2.45) is 0 Å². The number of allylic oxidation sites excluding steroid dienone is 1. The van der Waals surface area contributed by atoms with Crippen LogP contribution in [0.3, 0.4) is 0 Å². The Balaban J connectivity index is 3.26. The van der Waals surface area contributed by atoms with Crippen LogP contribution in [-0.4, -0.2) is 12.5 Å². The lowest BCUT2D eigenvalue weighted by molar-refractivity contribution is -0.117. The van der Waals surface area contributed by atoms with Crippen molar-refractivity contribution in [3.8, 4) is 0 Å². The first-order chi connectivity index (χ1) is 8.18. The van der Waals surface area contributed by atoms with E-state index in [0.717, 1.165) is 6.42 Å². The molecule has 0 aliphatic rings. The van der Waals surface area contributed by atoms with Gasteiger partial charge in [0.1, 0.15) is 0 Å². The van der Waals surface area contributed by atoms with Gasteiger partial charge in [0.2, 0.25) is 5.91 Å². The molecule has 1 N–H and O–H groups in total. The van der Waals surface area contributed by atoms with Crippen LogP contribution in [-0.2, 0) is 4.79 Å². The third kappa shape index (κ3) is 11.2. The zero-order chi connectivity index (χ0) is 12.9. The zero-order valence-electron chi connectivity index (χ0n) is 11.4. The van der Waals surface area contributed by atoms with Gasteiger partial charge in [0.15, 0.2) is 0 Å². The van der Waals surface area contributed by atoms with Crippen molar-refractivity contribution in [3.05, 3.63) is 24.3 Å². The van der Waals surface area contributed by atoms with Gasteiger partial charge in [-0.3, -0.25) is 4.79 Å². The molecule has 0 saturated carbocycles. The summed E-state index contributed by atoms with van der Waals surface area (Å²) in [6, 6.07) is 0. The molecule has 0 spiro atoms. The molecule has 0 radical (unpaired) electrons. The molecule has 0 rings (SSSR count). The fourth-order valence-electron chi connectivity index (χ4n) is 1.55. The molecule has 0 saturated heterocycles. The van der Waals surface area contributed by atoms with E-state index in [2.05, 4.69) is 24.9 Å². The van der Waals surface area contributed by atoms with E-state index in [9.17, 15) is 4.79 Å². The average Bonchev–Trinajstić information content (AvgIpc) is 2.31. The maximum Gasteiger partial charge on any atom is 0.246 e. The number of amides is 1. The van der Waals surface area contributed by atoms with Crippen LogP contribution in [0, 0.1) is 0 Å². The van der Waals surface area contributed by atoms with Crippen molar-refractivity contribution in [2.75, 3.05) is 6.54 Å². The van der Waals surface area contributed by atoms with Crippen molar-refractivity contribution in [2.45, 2.75) is 58.8 Å². The highest BCUT2D eigenvalue weighted by Gasteiger charge is 1.96. The molecule has 0 aliphatic carbocycles. The van der Waals surface area contributed by atoms with Gasteiger partial charge in [0.25, 0.3) is 0 Å². The van der Waals surface area contributed by atoms with Gasteiger partial charge >= 0.3 is 0 Å². The summed E-state index contributed by atoms with van der Waals surface area (Å²) in [6.45, 7) is 8.15. The van der Waals surface area contributed by atoms with Crippen molar-refractivity contribution in [1.29, 1.82) is 0 Å². The minimum atomic E-state index is -0.0609. The monoisotopic (exact) mass is 237 g/mol. The normalized spacial score (nSPS) is 10.7. The third-order valence-electron chi connectivity index (χ3n) is 2.66. The van der Waals surface area contributed by atoms with Gasteiger partial charge in [-0.2, -0.15) is 0 Å². The molecule has 0 aromatic heterocycles. The first-order valence-electron chi connectivity index (χ1n) is 6.77. The summed E-state index contributed by atoms with van der Waals surface area (Å²) in [5, 5.41) is 2.78. The number of unbranched alkanes of at least 4 members (excludes halogenated alkanes) is 6. The second kappa shape index (κ2) is 11.4. The summed E-state index contributed by atoms with van der Waals surface area (Å²) in [6.07, 6.45) is 13.3. The summed E-state index contributed by atoms with van der Waals surface area (Å²) in [7, 11) is 0. The topological polar surface area (TPSA) is 29.1 Å². The number of rotatable bonds is 10. The summed E-state index contributed by atoms with van der Waals surface area (Å²) in [4.78, 5) is 11.1. The Morgan fingerprint density at radius 2 is 1.76 bits per heavy atom. The predicted octanol–water partition coefficient (Wildman–Crippen LogP) is 3.99. The molecule has 0 aromatic carbocycles. The van der Waals surface area contributed by atoms with E-state index in [4.69, 9.17) is 0 Å². The molecule has 0 unspecified atom stereocenters. The lowest BCUT2D eigenvalue weighted by Crippen LogP contribution is -2.23. The average molecular weight is 237 g/mol. The molecule has 0 aromatic rings. The molecule has 98 valence electrons. The van der Waals surface area contributed by atoms with Gasteiger partial charge in [0, 0.05) is 12.1 Å². The quantitative estimate of drug-likeness (QED) is 0.347. The molecule has 17 heavy (non-hydrogen) atoms. The van der Waals surface area contributed by atoms with Gasteiger partial charge in [-0.25, -0.2) is 0 Å². The number of nitrogens with one attached hydrogen (secondary N) is 1. The Bertz CT molecular complexity index is 243. The van der Waals surface area contributed by atoms with Crippen molar-refractivity contribution in [3.63, 3.8) is 0 Å². The van der Waals surface area contributed by atoms with E-state index in [1.54, 1.807) is 6.92 Å². The van der Waals surface area contributed by atoms with E-state index in [1.807, 2.05) is 6.08 Å². The SMILES string of the molecule is C=C(C)C(=O)NCC=CCCCCCCCC. The standard InChI is InChI=1S/C15H27NO/c1-4-5-6-7-8-9-10-11-12-13-16-15(17)14(2)3/h11-12H,2,4-10,13H2,1,3H3,(H,16,17). The van der Waals surface area contributed by atoms with Gasteiger partial charge in [-0.1, -0.05) is 57.8 Å². The maximum atomic E-state index is 11.1. The first-order valence-corrected chi connectivity index (χ1v) is 6.77. The molecule has 2 nitrogen and oxygen atoms in total. The first kappa shape index (κ1) is 16.0. The Kier molecular flexibility index (Phi) is 10.7. The number of carbonyl (C=O) groups is 1. The van der Waals surface area contributed by atoms with Crippen LogP contribution < -0.4 is 5.32 Å². The molecule has 0 aliphatic heterocycles. The molecular formula is C15H27NO. The summed E-state index contributed by atoms with van der Waals surface area (Å²) in [5.41, 5.74) is 0.564. The maximum absolute atomic E-state index is 11.1. The lowest BCUT2D eigenvalue weighted by Gasteiger charge is -2.00. The number of hydrogen-bond acceptors (Lipinski definition) is 1. The van der Waals surface area contributed by atoms with Gasteiger partial charge in [0.05, 0.1) is 0 Å². The van der Waals surface area contributed by atoms with Crippen molar-refractivity contribution < 1.29 is 4.79 Å². The molecule has 0 atom stereocenters. The predicted molar refractivity (Wildman–Crippen MR) is 75.0 cm³/mol. The van der Waals surface area contributed by atoms with Crippen LogP contribution in [0.15, 0.2) is 24.3 Å². The molecule has 1 amide bonds. The number of carbonyl (C=O) groups excluding carboxylic acids is 1. The number of hydrogen-bond donors (Lipinski definition) is 1. The van der Waals surface area contributed by atoms with Gasteiger partial charge < -0.3 is 5.32 Å². The molecule has 0 bridgehead atoms. The zero-order valence-corrected chi connectivity index (χ0v) is 11.4. The summed E-state index contributed by atoms with van der Waals surface area (Å²) >= 11 is 0. The van der Waals surface area contributed by atoms with E-state index in [-0.39, 0.29) is 5.91 Å². The summed E-state index contributed by atoms with van der Waals surface area (Å²) < 4.78 is 0. The van der Waals surface area contributed by atoms with Crippen LogP contribution in [0.4, 0.5) is 0 Å². The Labute approximate surface area is 106 Å². The molecule has 0 heterocycles. The van der Waals surface area contributed by atoms with Gasteiger partial charge in [-0.05, 0) is 19.8 Å². The highest BCUT2D eigenvalue weighted by Crippen LogP contribution is 2.06. The van der Waals surface area contributed by atoms with E-state index >= 15 is 0 Å². The Hall–Kier alpha value is -1.05. The highest BCUT2D eigenvalue weighted by atomic mass is 16.1. The smallest absolute Gasteiger partial charge is 0.246 e. The van der Waals surface area contributed by atoms with Crippen molar-refractivity contribution >= 4 is 5.91 Å². The fraction of sp³-hybridized carbons (Fsp3) is 0.667. The van der Waals surface area contributed by atoms with Crippen LogP contribution in [0.2, 0.25) is 0 Å². The minimum absolute atomic E-state index is 0.0609. The van der Waals surface area contributed by atoms with E-state index in [1.165, 1.54) is 38.5 Å². The lowest BCUT2D eigenvalue weighted by atomic mass is 10.1. The third-order valence-corrected chi connectivity index (χ3v) is 2.66. The van der Waals surface area contributed by atoms with Crippen molar-refractivity contribution in [1.82, 2.24) is 5.32 Å². The largest absolute Gasteiger partial charge is 0.349 e. The fourth-order valence-corrected chi connectivity index (χ4v) is 1.55. The van der Waals surface area contributed by atoms with Crippen LogP contribution in [0.25, 0.3) is 0 Å². The second-order valence-corrected chi connectivity index (χ2v) is 4.52. The highest BCUT2D eigenvalue weighted by molar-refractivity contribution is 5.92. The Morgan fingerprint density at radius 1 is 1.12 bits per heavy atom. The van der Waals surface area contributed by atoms with Crippen LogP contribution in [0.1, 0.15) is 58.8 Å². The molecular weight excluding hydrogens is 210 g/mol. The Morgan fingerprint density at radius 3 is 2.41 bits per heavy atom. The van der Waals surface area contributed by atoms with Gasteiger partial charge in [-0.15, -0.1) is 0 Å². The van der Waals surface area contributed by atoms with E-state index < -0.39 is 0 Å².